The number of benzene rings is 2. The fraction of sp³-hybridized carbons (Fsp3) is 0.261. The lowest BCUT2D eigenvalue weighted by Crippen LogP contribution is -2.42. The Hall–Kier alpha value is -3.41. The molecule has 1 amide bonds. The third kappa shape index (κ3) is 3.78. The summed E-state index contributed by atoms with van der Waals surface area (Å²) in [5.41, 5.74) is 5.18. The Morgan fingerprint density at radius 1 is 1.10 bits per heavy atom. The number of carbonyl (C=O) groups is 2. The Morgan fingerprint density at radius 3 is 2.55 bits per heavy atom. The normalized spacial score (nSPS) is 13.7. The van der Waals surface area contributed by atoms with Gasteiger partial charge in [0, 0.05) is 17.7 Å². The zero-order valence-electron chi connectivity index (χ0n) is 16.3. The van der Waals surface area contributed by atoms with E-state index in [1.54, 1.807) is 0 Å². The minimum atomic E-state index is -1.06. The lowest BCUT2D eigenvalue weighted by Gasteiger charge is -2.14. The number of aliphatic carboxylic acids is 1. The van der Waals surface area contributed by atoms with E-state index in [2.05, 4.69) is 10.4 Å². The van der Waals surface area contributed by atoms with E-state index in [4.69, 9.17) is 0 Å². The van der Waals surface area contributed by atoms with Crippen LogP contribution in [-0.2, 0) is 24.1 Å². The molecule has 1 aliphatic carbocycles. The molecule has 4 rings (SSSR count). The van der Waals surface area contributed by atoms with Crippen molar-refractivity contribution in [3.05, 3.63) is 82.7 Å². The number of nitrogens with zero attached hydrogens (tertiary/aromatic N) is 2. The highest BCUT2D eigenvalue weighted by Gasteiger charge is 2.29. The highest BCUT2D eigenvalue weighted by atomic mass is 16.4. The van der Waals surface area contributed by atoms with Crippen molar-refractivity contribution in [1.82, 2.24) is 15.1 Å². The molecule has 6 heteroatoms. The molecule has 0 fully saturated rings. The first-order chi connectivity index (χ1) is 14.0. The van der Waals surface area contributed by atoms with Crippen molar-refractivity contribution in [2.45, 2.75) is 38.6 Å². The summed E-state index contributed by atoms with van der Waals surface area (Å²) in [4.78, 5) is 24.7. The number of carboxylic acid groups (broad SMARTS) is 1. The molecule has 1 aromatic heterocycles. The number of carbonyl (C=O) groups excluding carboxylic acids is 1. The average molecular weight is 389 g/mol. The lowest BCUT2D eigenvalue weighted by molar-refractivity contribution is -0.139. The molecule has 6 nitrogen and oxygen atoms in total. The van der Waals surface area contributed by atoms with E-state index in [0.717, 1.165) is 47.3 Å². The number of para-hydroxylation sites is 1. The molecular weight excluding hydrogens is 366 g/mol. The summed E-state index contributed by atoms with van der Waals surface area (Å²) in [7, 11) is 0. The maximum Gasteiger partial charge on any atom is 0.326 e. The molecule has 1 heterocycles. The van der Waals surface area contributed by atoms with Crippen LogP contribution in [0.4, 0.5) is 0 Å². The van der Waals surface area contributed by atoms with E-state index in [0.29, 0.717) is 5.69 Å². The summed E-state index contributed by atoms with van der Waals surface area (Å²) in [5, 5.41) is 16.9. The van der Waals surface area contributed by atoms with Gasteiger partial charge in [-0.1, -0.05) is 48.5 Å². The molecule has 29 heavy (non-hydrogen) atoms. The third-order valence-electron chi connectivity index (χ3n) is 5.38. The van der Waals surface area contributed by atoms with E-state index in [1.165, 1.54) is 0 Å². The SMILES string of the molecule is Cc1ccccc1-n1nc(C(=O)N[C@H](Cc2ccccc2)C(=O)O)c2c1CCC2. The summed E-state index contributed by atoms with van der Waals surface area (Å²) < 4.78 is 1.85. The number of carboxylic acids is 1. The second kappa shape index (κ2) is 7.91. The van der Waals surface area contributed by atoms with Gasteiger partial charge in [0.1, 0.15) is 6.04 Å². The minimum absolute atomic E-state index is 0.225. The second-order valence-electron chi connectivity index (χ2n) is 7.38. The molecule has 0 unspecified atom stereocenters. The molecule has 1 atom stereocenters. The van der Waals surface area contributed by atoms with Crippen molar-refractivity contribution in [3.63, 3.8) is 0 Å². The fourth-order valence-corrected chi connectivity index (χ4v) is 3.90. The largest absolute Gasteiger partial charge is 0.480 e. The lowest BCUT2D eigenvalue weighted by atomic mass is 10.1. The van der Waals surface area contributed by atoms with E-state index < -0.39 is 17.9 Å². The maximum absolute atomic E-state index is 13.0. The van der Waals surface area contributed by atoms with Crippen molar-refractivity contribution < 1.29 is 14.7 Å². The van der Waals surface area contributed by atoms with E-state index in [-0.39, 0.29) is 6.42 Å². The number of hydrogen-bond acceptors (Lipinski definition) is 3. The van der Waals surface area contributed by atoms with Crippen LogP contribution in [0.25, 0.3) is 5.69 Å². The van der Waals surface area contributed by atoms with Gasteiger partial charge in [-0.15, -0.1) is 0 Å². The number of aromatic nitrogens is 2. The zero-order chi connectivity index (χ0) is 20.4. The Labute approximate surface area is 169 Å². The number of hydrogen-bond donors (Lipinski definition) is 2. The van der Waals surface area contributed by atoms with Crippen LogP contribution < -0.4 is 5.32 Å². The average Bonchev–Trinajstić information content (AvgIpc) is 3.31. The Morgan fingerprint density at radius 2 is 1.83 bits per heavy atom. The quantitative estimate of drug-likeness (QED) is 0.679. The first-order valence-electron chi connectivity index (χ1n) is 9.79. The van der Waals surface area contributed by atoms with Crippen molar-refractivity contribution in [2.75, 3.05) is 0 Å². The Bertz CT molecular complexity index is 1060. The van der Waals surface area contributed by atoms with Crippen LogP contribution in [0.3, 0.4) is 0 Å². The highest BCUT2D eigenvalue weighted by Crippen LogP contribution is 2.29. The number of amides is 1. The van der Waals surface area contributed by atoms with Crippen molar-refractivity contribution in [1.29, 1.82) is 0 Å². The van der Waals surface area contributed by atoms with Gasteiger partial charge in [-0.05, 0) is 43.4 Å². The molecule has 0 saturated carbocycles. The number of aryl methyl sites for hydroxylation is 1. The second-order valence-corrected chi connectivity index (χ2v) is 7.38. The molecule has 148 valence electrons. The smallest absolute Gasteiger partial charge is 0.326 e. The van der Waals surface area contributed by atoms with Crippen LogP contribution in [0, 0.1) is 6.92 Å². The van der Waals surface area contributed by atoms with Crippen LogP contribution >= 0.6 is 0 Å². The van der Waals surface area contributed by atoms with Crippen molar-refractivity contribution in [2.24, 2.45) is 0 Å². The Kier molecular flexibility index (Phi) is 5.16. The van der Waals surface area contributed by atoms with Crippen LogP contribution in [-0.4, -0.2) is 32.8 Å². The molecule has 3 aromatic rings. The number of nitrogens with one attached hydrogen (secondary N) is 1. The molecule has 2 N–H and O–H groups in total. The third-order valence-corrected chi connectivity index (χ3v) is 5.38. The zero-order valence-corrected chi connectivity index (χ0v) is 16.3. The predicted molar refractivity (Wildman–Crippen MR) is 109 cm³/mol. The topological polar surface area (TPSA) is 84.2 Å². The summed E-state index contributed by atoms with van der Waals surface area (Å²) in [5.74, 6) is -1.49. The first-order valence-corrected chi connectivity index (χ1v) is 9.79. The molecule has 0 bridgehead atoms. The maximum atomic E-state index is 13.0. The van der Waals surface area contributed by atoms with Gasteiger partial charge in [-0.3, -0.25) is 4.79 Å². The van der Waals surface area contributed by atoms with Gasteiger partial charge in [0.15, 0.2) is 5.69 Å². The molecule has 2 aromatic carbocycles. The summed E-state index contributed by atoms with van der Waals surface area (Å²) in [6.45, 7) is 2.01. The summed E-state index contributed by atoms with van der Waals surface area (Å²) >= 11 is 0. The van der Waals surface area contributed by atoms with Gasteiger partial charge in [-0.2, -0.15) is 5.10 Å². The van der Waals surface area contributed by atoms with E-state index in [9.17, 15) is 14.7 Å². The van der Waals surface area contributed by atoms with Gasteiger partial charge in [-0.25, -0.2) is 9.48 Å². The van der Waals surface area contributed by atoms with Gasteiger partial charge in [0.05, 0.1) is 5.69 Å². The summed E-state index contributed by atoms with van der Waals surface area (Å²) in [6, 6.07) is 16.2. The van der Waals surface area contributed by atoms with Gasteiger partial charge in [0.25, 0.3) is 5.91 Å². The minimum Gasteiger partial charge on any atom is -0.480 e. The van der Waals surface area contributed by atoms with E-state index in [1.807, 2.05) is 66.2 Å². The van der Waals surface area contributed by atoms with Crippen LogP contribution in [0.5, 0.6) is 0 Å². The van der Waals surface area contributed by atoms with E-state index >= 15 is 0 Å². The highest BCUT2D eigenvalue weighted by molar-refractivity contribution is 5.96. The molecule has 1 aliphatic rings. The molecule has 0 aliphatic heterocycles. The number of fused-ring (bicyclic) bond motifs is 1. The van der Waals surface area contributed by atoms with Crippen LogP contribution in [0.15, 0.2) is 54.6 Å². The molecule has 0 spiro atoms. The van der Waals surface area contributed by atoms with Gasteiger partial charge in [0.2, 0.25) is 0 Å². The predicted octanol–water partition coefficient (Wildman–Crippen LogP) is 3.10. The van der Waals surface area contributed by atoms with Crippen molar-refractivity contribution >= 4 is 11.9 Å². The molecular formula is C23H23N3O3. The molecule has 0 saturated heterocycles. The van der Waals surface area contributed by atoms with Gasteiger partial charge >= 0.3 is 5.97 Å². The molecule has 0 radical (unpaired) electrons. The fourth-order valence-electron chi connectivity index (χ4n) is 3.90. The monoisotopic (exact) mass is 389 g/mol. The van der Waals surface area contributed by atoms with Crippen LogP contribution in [0.1, 0.15) is 39.3 Å². The first kappa shape index (κ1) is 18.9. The Balaban J connectivity index is 1.63. The number of rotatable bonds is 6. The standard InChI is InChI=1S/C23H23N3O3/c1-15-8-5-6-12-19(15)26-20-13-7-11-17(20)21(25-26)22(27)24-18(23(28)29)14-16-9-3-2-4-10-16/h2-6,8-10,12,18H,7,11,13-14H2,1H3,(H,24,27)(H,28,29)/t18-/m1/s1. The summed E-state index contributed by atoms with van der Waals surface area (Å²) in [6.07, 6.45) is 2.82. The van der Waals surface area contributed by atoms with Crippen molar-refractivity contribution in [3.8, 4) is 5.69 Å². The van der Waals surface area contributed by atoms with Gasteiger partial charge < -0.3 is 10.4 Å². The van der Waals surface area contributed by atoms with Crippen LogP contribution in [0.2, 0.25) is 0 Å².